The third kappa shape index (κ3) is 4.87. The van der Waals surface area contributed by atoms with Gasteiger partial charge in [0.2, 0.25) is 11.5 Å². The molecule has 0 spiro atoms. The maximum absolute atomic E-state index is 12.5. The first-order valence-corrected chi connectivity index (χ1v) is 9.39. The van der Waals surface area contributed by atoms with E-state index in [0.29, 0.717) is 17.2 Å². The SMILES string of the molecule is COc1cc(C(=O)COC(=O)c2cc(SC)ccc2Cl)cc(OC)c1OC. The van der Waals surface area contributed by atoms with Crippen LogP contribution in [0.2, 0.25) is 5.02 Å². The van der Waals surface area contributed by atoms with Gasteiger partial charge in [0.1, 0.15) is 0 Å². The highest BCUT2D eigenvalue weighted by Crippen LogP contribution is 2.38. The quantitative estimate of drug-likeness (QED) is 0.368. The lowest BCUT2D eigenvalue weighted by atomic mass is 10.1. The molecule has 0 aromatic heterocycles. The molecule has 2 aromatic carbocycles. The van der Waals surface area contributed by atoms with E-state index in [1.165, 1.54) is 45.2 Å². The summed E-state index contributed by atoms with van der Waals surface area (Å²) in [4.78, 5) is 25.6. The number of hydrogen-bond acceptors (Lipinski definition) is 7. The van der Waals surface area contributed by atoms with Gasteiger partial charge in [-0.1, -0.05) is 11.6 Å². The van der Waals surface area contributed by atoms with Crippen molar-refractivity contribution < 1.29 is 28.5 Å². The van der Waals surface area contributed by atoms with E-state index in [1.807, 2.05) is 6.26 Å². The van der Waals surface area contributed by atoms with Gasteiger partial charge in [-0.05, 0) is 36.6 Å². The van der Waals surface area contributed by atoms with E-state index < -0.39 is 18.4 Å². The Morgan fingerprint density at radius 2 is 1.63 bits per heavy atom. The molecule has 8 heteroatoms. The molecule has 144 valence electrons. The molecule has 0 unspecified atom stereocenters. The second kappa shape index (κ2) is 9.53. The Morgan fingerprint density at radius 3 is 2.15 bits per heavy atom. The molecule has 0 heterocycles. The highest BCUT2D eigenvalue weighted by Gasteiger charge is 2.19. The van der Waals surface area contributed by atoms with E-state index >= 15 is 0 Å². The van der Waals surface area contributed by atoms with Crippen LogP contribution in [0.1, 0.15) is 20.7 Å². The van der Waals surface area contributed by atoms with Crippen LogP contribution in [0, 0.1) is 0 Å². The zero-order chi connectivity index (χ0) is 20.0. The molecule has 0 aliphatic heterocycles. The summed E-state index contributed by atoms with van der Waals surface area (Å²) in [5, 5.41) is 0.262. The number of thioether (sulfide) groups is 1. The van der Waals surface area contributed by atoms with Gasteiger partial charge in [0, 0.05) is 10.5 Å². The van der Waals surface area contributed by atoms with Crippen LogP contribution in [0.4, 0.5) is 0 Å². The predicted molar refractivity (Wildman–Crippen MR) is 104 cm³/mol. The summed E-state index contributed by atoms with van der Waals surface area (Å²) in [6.45, 7) is -0.447. The first-order chi connectivity index (χ1) is 12.9. The summed E-state index contributed by atoms with van der Waals surface area (Å²) in [5.74, 6) is -0.0462. The van der Waals surface area contributed by atoms with E-state index in [0.717, 1.165) is 4.90 Å². The van der Waals surface area contributed by atoms with Crippen molar-refractivity contribution in [1.29, 1.82) is 0 Å². The topological polar surface area (TPSA) is 71.1 Å². The molecule has 0 amide bonds. The number of ether oxygens (including phenoxy) is 4. The Hall–Kier alpha value is -2.38. The number of Topliss-reactive ketones (excluding diaryl/α,β-unsaturated/α-hetero) is 1. The van der Waals surface area contributed by atoms with Crippen molar-refractivity contribution in [3.05, 3.63) is 46.5 Å². The zero-order valence-corrected chi connectivity index (χ0v) is 16.9. The fourth-order valence-corrected chi connectivity index (χ4v) is 2.96. The smallest absolute Gasteiger partial charge is 0.340 e. The van der Waals surface area contributed by atoms with Gasteiger partial charge in [0.05, 0.1) is 31.9 Å². The van der Waals surface area contributed by atoms with Crippen molar-refractivity contribution in [2.24, 2.45) is 0 Å². The molecule has 0 fully saturated rings. The van der Waals surface area contributed by atoms with E-state index in [-0.39, 0.29) is 16.1 Å². The summed E-state index contributed by atoms with van der Waals surface area (Å²) in [6, 6.07) is 8.03. The molecule has 0 bridgehead atoms. The van der Waals surface area contributed by atoms with Crippen molar-refractivity contribution in [2.75, 3.05) is 34.2 Å². The van der Waals surface area contributed by atoms with Crippen LogP contribution in [0.3, 0.4) is 0 Å². The second-order valence-electron chi connectivity index (χ2n) is 5.26. The maximum Gasteiger partial charge on any atom is 0.340 e. The highest BCUT2D eigenvalue weighted by molar-refractivity contribution is 7.98. The molecule has 0 saturated heterocycles. The van der Waals surface area contributed by atoms with E-state index in [9.17, 15) is 9.59 Å². The molecule has 0 radical (unpaired) electrons. The Bertz CT molecular complexity index is 827. The Kier molecular flexibility index (Phi) is 7.38. The minimum absolute atomic E-state index is 0.209. The van der Waals surface area contributed by atoms with Crippen LogP contribution in [-0.2, 0) is 4.74 Å². The number of halogens is 1. The largest absolute Gasteiger partial charge is 0.493 e. The van der Waals surface area contributed by atoms with Crippen molar-refractivity contribution >= 4 is 35.1 Å². The fraction of sp³-hybridized carbons (Fsp3) is 0.263. The average molecular weight is 411 g/mol. The molecule has 0 atom stereocenters. The van der Waals surface area contributed by atoms with Crippen molar-refractivity contribution in [3.63, 3.8) is 0 Å². The van der Waals surface area contributed by atoms with E-state index in [2.05, 4.69) is 0 Å². The van der Waals surface area contributed by atoms with Crippen molar-refractivity contribution in [1.82, 2.24) is 0 Å². The van der Waals surface area contributed by atoms with Crippen LogP contribution < -0.4 is 14.2 Å². The number of carbonyl (C=O) groups excluding carboxylic acids is 2. The number of methoxy groups -OCH3 is 3. The monoisotopic (exact) mass is 410 g/mol. The van der Waals surface area contributed by atoms with Gasteiger partial charge in [0.15, 0.2) is 18.1 Å². The number of rotatable bonds is 8. The Labute approximate surface area is 166 Å². The summed E-state index contributed by atoms with van der Waals surface area (Å²) >= 11 is 7.52. The van der Waals surface area contributed by atoms with Crippen LogP contribution in [-0.4, -0.2) is 45.9 Å². The number of benzene rings is 2. The van der Waals surface area contributed by atoms with Crippen LogP contribution in [0.5, 0.6) is 17.2 Å². The van der Waals surface area contributed by atoms with Crippen molar-refractivity contribution in [3.8, 4) is 17.2 Å². The van der Waals surface area contributed by atoms with Crippen LogP contribution in [0.25, 0.3) is 0 Å². The zero-order valence-electron chi connectivity index (χ0n) is 15.3. The lowest BCUT2D eigenvalue weighted by molar-refractivity contribution is 0.0474. The number of hydrogen-bond donors (Lipinski definition) is 0. The van der Waals surface area contributed by atoms with Gasteiger partial charge < -0.3 is 18.9 Å². The van der Waals surface area contributed by atoms with E-state index in [4.69, 9.17) is 30.5 Å². The summed E-state index contributed by atoms with van der Waals surface area (Å²) in [6.07, 6.45) is 1.88. The lowest BCUT2D eigenvalue weighted by Gasteiger charge is -2.14. The summed E-state index contributed by atoms with van der Waals surface area (Å²) in [7, 11) is 4.37. The first kappa shape index (κ1) is 20.9. The van der Waals surface area contributed by atoms with Gasteiger partial charge in [-0.2, -0.15) is 0 Å². The van der Waals surface area contributed by atoms with Gasteiger partial charge in [-0.3, -0.25) is 4.79 Å². The highest BCUT2D eigenvalue weighted by atomic mass is 35.5. The molecular formula is C19H19ClO6S. The number of esters is 1. The Balaban J connectivity index is 2.17. The van der Waals surface area contributed by atoms with Gasteiger partial charge in [0.25, 0.3) is 0 Å². The minimum Gasteiger partial charge on any atom is -0.493 e. The maximum atomic E-state index is 12.5. The molecular weight excluding hydrogens is 392 g/mol. The second-order valence-corrected chi connectivity index (χ2v) is 6.55. The molecule has 2 aromatic rings. The standard InChI is InChI=1S/C19H19ClO6S/c1-23-16-7-11(8-17(24-2)18(16)25-3)15(21)10-26-19(22)13-9-12(27-4)5-6-14(13)20/h5-9H,10H2,1-4H3. The van der Waals surface area contributed by atoms with Crippen molar-refractivity contribution in [2.45, 2.75) is 4.90 Å². The third-order valence-corrected chi connectivity index (χ3v) is 4.77. The van der Waals surface area contributed by atoms with E-state index in [1.54, 1.807) is 18.2 Å². The molecule has 0 saturated carbocycles. The molecule has 2 rings (SSSR count). The Morgan fingerprint density at radius 1 is 1.00 bits per heavy atom. The minimum atomic E-state index is -0.670. The van der Waals surface area contributed by atoms with Crippen LogP contribution >= 0.6 is 23.4 Å². The van der Waals surface area contributed by atoms with Crippen LogP contribution in [0.15, 0.2) is 35.2 Å². The van der Waals surface area contributed by atoms with Gasteiger partial charge in [-0.25, -0.2) is 4.79 Å². The fourth-order valence-electron chi connectivity index (χ4n) is 2.32. The number of ketones is 1. The predicted octanol–water partition coefficient (Wildman–Crippen LogP) is 4.13. The molecule has 6 nitrogen and oxygen atoms in total. The normalized spacial score (nSPS) is 10.3. The molecule has 27 heavy (non-hydrogen) atoms. The first-order valence-electron chi connectivity index (χ1n) is 7.79. The van der Waals surface area contributed by atoms with Gasteiger partial charge in [-0.15, -0.1) is 11.8 Å². The molecule has 0 N–H and O–H groups in total. The lowest BCUT2D eigenvalue weighted by Crippen LogP contribution is -2.15. The summed E-state index contributed by atoms with van der Waals surface area (Å²) < 4.78 is 20.8. The molecule has 0 aliphatic carbocycles. The van der Waals surface area contributed by atoms with Gasteiger partial charge >= 0.3 is 5.97 Å². The average Bonchev–Trinajstić information content (AvgIpc) is 2.70. The molecule has 0 aliphatic rings. The third-order valence-electron chi connectivity index (χ3n) is 3.71. The number of carbonyl (C=O) groups is 2. The summed E-state index contributed by atoms with van der Waals surface area (Å²) in [5.41, 5.74) is 0.475.